The number of rotatable bonds is 9. The molecule has 2 aromatic rings. The van der Waals surface area contributed by atoms with E-state index < -0.39 is 0 Å². The summed E-state index contributed by atoms with van der Waals surface area (Å²) in [6.45, 7) is 5.49. The number of piperidine rings is 1. The molecule has 1 aliphatic heterocycles. The van der Waals surface area contributed by atoms with E-state index >= 15 is 0 Å². The summed E-state index contributed by atoms with van der Waals surface area (Å²) in [6.07, 6.45) is 2.35. The van der Waals surface area contributed by atoms with Gasteiger partial charge in [-0.2, -0.15) is 0 Å². The molecule has 2 N–H and O–H groups in total. The molecule has 2 aromatic carbocycles. The number of ether oxygens (including phenoxy) is 1. The van der Waals surface area contributed by atoms with Crippen molar-refractivity contribution in [1.82, 2.24) is 5.32 Å². The van der Waals surface area contributed by atoms with E-state index in [0.29, 0.717) is 31.0 Å². The Labute approximate surface area is 178 Å². The Morgan fingerprint density at radius 3 is 2.47 bits per heavy atom. The summed E-state index contributed by atoms with van der Waals surface area (Å²) in [5.74, 6) is -0.243. The largest absolute Gasteiger partial charge is 0.382 e. The molecule has 0 atom stereocenters. The summed E-state index contributed by atoms with van der Waals surface area (Å²) in [5.41, 5.74) is 2.25. The number of hydrogen-bond acceptors (Lipinski definition) is 4. The van der Waals surface area contributed by atoms with Gasteiger partial charge in [0, 0.05) is 44.5 Å². The van der Waals surface area contributed by atoms with Crippen molar-refractivity contribution < 1.29 is 14.3 Å². The number of nitrogens with zero attached hydrogens (tertiary/aromatic N) is 1. The minimum absolute atomic E-state index is 0.0145. The minimum atomic E-state index is -0.179. The van der Waals surface area contributed by atoms with E-state index in [4.69, 9.17) is 4.74 Å². The van der Waals surface area contributed by atoms with Gasteiger partial charge in [-0.3, -0.25) is 9.59 Å². The van der Waals surface area contributed by atoms with E-state index in [-0.39, 0.29) is 17.7 Å². The van der Waals surface area contributed by atoms with Gasteiger partial charge in [0.2, 0.25) is 5.91 Å². The second-order valence-corrected chi connectivity index (χ2v) is 7.44. The Balaban J connectivity index is 1.52. The van der Waals surface area contributed by atoms with Gasteiger partial charge < -0.3 is 20.3 Å². The van der Waals surface area contributed by atoms with Crippen LogP contribution in [0.4, 0.5) is 11.4 Å². The molecule has 6 heteroatoms. The molecule has 3 rings (SSSR count). The van der Waals surface area contributed by atoms with Gasteiger partial charge in [-0.05, 0) is 50.5 Å². The van der Waals surface area contributed by atoms with E-state index in [1.54, 1.807) is 12.1 Å². The van der Waals surface area contributed by atoms with Crippen molar-refractivity contribution >= 4 is 23.2 Å². The summed E-state index contributed by atoms with van der Waals surface area (Å²) >= 11 is 0. The lowest BCUT2D eigenvalue weighted by Gasteiger charge is -2.33. The average Bonchev–Trinajstić information content (AvgIpc) is 2.80. The van der Waals surface area contributed by atoms with E-state index in [0.717, 1.165) is 32.4 Å². The lowest BCUT2D eigenvalue weighted by molar-refractivity contribution is -0.120. The molecule has 30 heavy (non-hydrogen) atoms. The van der Waals surface area contributed by atoms with Gasteiger partial charge in [-0.1, -0.05) is 30.3 Å². The van der Waals surface area contributed by atoms with E-state index in [1.165, 1.54) is 5.69 Å². The number of hydrogen-bond donors (Lipinski definition) is 2. The maximum absolute atomic E-state index is 12.8. The lowest BCUT2D eigenvalue weighted by Crippen LogP contribution is -2.38. The third kappa shape index (κ3) is 6.07. The van der Waals surface area contributed by atoms with Crippen molar-refractivity contribution in [2.45, 2.75) is 26.2 Å². The lowest BCUT2D eigenvalue weighted by atomic mass is 9.95. The number of anilines is 2. The first-order valence-electron chi connectivity index (χ1n) is 10.7. The molecule has 2 amide bonds. The predicted octanol–water partition coefficient (Wildman–Crippen LogP) is 3.70. The fraction of sp³-hybridized carbons (Fsp3) is 0.417. The first kappa shape index (κ1) is 21.8. The molecule has 0 saturated carbocycles. The van der Waals surface area contributed by atoms with Gasteiger partial charge >= 0.3 is 0 Å². The van der Waals surface area contributed by atoms with Gasteiger partial charge in [-0.25, -0.2) is 0 Å². The summed E-state index contributed by atoms with van der Waals surface area (Å²) in [6, 6.07) is 17.4. The number of amides is 2. The second kappa shape index (κ2) is 11.4. The number of carbonyl (C=O) groups excluding carboxylic acids is 2. The van der Waals surface area contributed by atoms with Crippen molar-refractivity contribution in [3.63, 3.8) is 0 Å². The minimum Gasteiger partial charge on any atom is -0.382 e. The normalized spacial score (nSPS) is 14.4. The summed E-state index contributed by atoms with van der Waals surface area (Å²) in [4.78, 5) is 27.7. The molecule has 1 saturated heterocycles. The summed E-state index contributed by atoms with van der Waals surface area (Å²) in [5, 5.41) is 5.88. The van der Waals surface area contributed by atoms with Gasteiger partial charge in [0.1, 0.15) is 0 Å². The zero-order valence-electron chi connectivity index (χ0n) is 17.6. The first-order chi connectivity index (χ1) is 14.7. The molecule has 0 radical (unpaired) electrons. The molecule has 0 aromatic heterocycles. The van der Waals surface area contributed by atoms with Crippen LogP contribution in [0.1, 0.15) is 36.5 Å². The van der Waals surface area contributed by atoms with Crippen LogP contribution in [0.5, 0.6) is 0 Å². The quantitative estimate of drug-likeness (QED) is 0.620. The summed E-state index contributed by atoms with van der Waals surface area (Å²) in [7, 11) is 0. The molecule has 1 heterocycles. The van der Waals surface area contributed by atoms with Gasteiger partial charge in [0.25, 0.3) is 5.91 Å². The molecule has 160 valence electrons. The van der Waals surface area contributed by atoms with Crippen molar-refractivity contribution in [1.29, 1.82) is 0 Å². The van der Waals surface area contributed by atoms with Crippen molar-refractivity contribution in [2.75, 3.05) is 43.1 Å². The number of nitrogens with one attached hydrogen (secondary N) is 2. The van der Waals surface area contributed by atoms with Crippen LogP contribution in [0.15, 0.2) is 54.6 Å². The highest BCUT2D eigenvalue weighted by Gasteiger charge is 2.26. The van der Waals surface area contributed by atoms with Crippen molar-refractivity contribution in [3.05, 3.63) is 60.2 Å². The Morgan fingerprint density at radius 1 is 1.03 bits per heavy atom. The zero-order valence-corrected chi connectivity index (χ0v) is 17.6. The highest BCUT2D eigenvalue weighted by Crippen LogP contribution is 2.25. The molecular weight excluding hydrogens is 378 g/mol. The Morgan fingerprint density at radius 2 is 1.73 bits per heavy atom. The number of benzene rings is 2. The topological polar surface area (TPSA) is 70.7 Å². The van der Waals surface area contributed by atoms with Crippen molar-refractivity contribution in [3.8, 4) is 0 Å². The molecule has 0 bridgehead atoms. The van der Waals surface area contributed by atoms with Gasteiger partial charge in [0.15, 0.2) is 0 Å². The maximum Gasteiger partial charge on any atom is 0.253 e. The Kier molecular flexibility index (Phi) is 8.27. The second-order valence-electron chi connectivity index (χ2n) is 7.44. The van der Waals surface area contributed by atoms with E-state index in [2.05, 4.69) is 27.7 Å². The SMILES string of the molecule is CCOCCCNC(=O)c1ccccc1NC(=O)C1CCN(c2ccccc2)CC1. The molecule has 0 unspecified atom stereocenters. The van der Waals surface area contributed by atoms with E-state index in [9.17, 15) is 9.59 Å². The predicted molar refractivity (Wildman–Crippen MR) is 120 cm³/mol. The maximum atomic E-state index is 12.8. The van der Waals surface area contributed by atoms with Crippen molar-refractivity contribution in [2.24, 2.45) is 5.92 Å². The van der Waals surface area contributed by atoms with E-state index in [1.807, 2.05) is 37.3 Å². The fourth-order valence-corrected chi connectivity index (χ4v) is 3.68. The van der Waals surface area contributed by atoms with Crippen LogP contribution in [0.2, 0.25) is 0 Å². The standard InChI is InChI=1S/C24H31N3O3/c1-2-30-18-8-15-25-24(29)21-11-6-7-12-22(21)26-23(28)19-13-16-27(17-14-19)20-9-4-3-5-10-20/h3-7,9-12,19H,2,8,13-18H2,1H3,(H,25,29)(H,26,28). The van der Waals surface area contributed by atoms with Crippen LogP contribution in [0.25, 0.3) is 0 Å². The monoisotopic (exact) mass is 409 g/mol. The highest BCUT2D eigenvalue weighted by molar-refractivity contribution is 6.04. The van der Waals surface area contributed by atoms with Crippen LogP contribution in [-0.2, 0) is 9.53 Å². The highest BCUT2D eigenvalue weighted by atomic mass is 16.5. The average molecular weight is 410 g/mol. The molecule has 0 spiro atoms. The number of para-hydroxylation sites is 2. The van der Waals surface area contributed by atoms with Crippen LogP contribution in [0, 0.1) is 5.92 Å². The molecule has 0 aliphatic carbocycles. The smallest absolute Gasteiger partial charge is 0.253 e. The van der Waals surface area contributed by atoms with Crippen LogP contribution < -0.4 is 15.5 Å². The number of carbonyl (C=O) groups is 2. The molecular formula is C24H31N3O3. The van der Waals surface area contributed by atoms with Gasteiger partial charge in [-0.15, -0.1) is 0 Å². The third-order valence-corrected chi connectivity index (χ3v) is 5.37. The molecule has 1 fully saturated rings. The Hall–Kier alpha value is -2.86. The Bertz CT molecular complexity index is 817. The van der Waals surface area contributed by atoms with Crippen LogP contribution in [0.3, 0.4) is 0 Å². The zero-order chi connectivity index (χ0) is 21.2. The summed E-state index contributed by atoms with van der Waals surface area (Å²) < 4.78 is 5.29. The molecule has 6 nitrogen and oxygen atoms in total. The van der Waals surface area contributed by atoms with Crippen LogP contribution in [-0.4, -0.2) is 44.7 Å². The molecule has 1 aliphatic rings. The third-order valence-electron chi connectivity index (χ3n) is 5.37. The fourth-order valence-electron chi connectivity index (χ4n) is 3.68. The van der Waals surface area contributed by atoms with Crippen LogP contribution >= 0.6 is 0 Å². The first-order valence-corrected chi connectivity index (χ1v) is 10.7. The van der Waals surface area contributed by atoms with Gasteiger partial charge in [0.05, 0.1) is 11.3 Å².